The molecule has 5 rings (SSSR count). The van der Waals surface area contributed by atoms with E-state index in [4.69, 9.17) is 4.74 Å². The van der Waals surface area contributed by atoms with Crippen LogP contribution in [0.1, 0.15) is 75.0 Å². The van der Waals surface area contributed by atoms with Crippen molar-refractivity contribution in [2.75, 3.05) is 13.2 Å². The standard InChI is InChI=1S/C26H35N3O2/c1-18-16-23(18)26(30)29-15-5-8-22(24-13-14-27-28-24)25(29)17-31-21-11-9-20(10-12-21)19-6-3-2-4-7-19/h2-4,6-7,13-14,18,20-23,25H,5,8-12,15-17H2,1H3,(H,27,28)/t18-,20?,21?,22+,23+,25-/m0/s1. The van der Waals surface area contributed by atoms with Crippen molar-refractivity contribution in [2.24, 2.45) is 11.8 Å². The number of nitrogens with one attached hydrogen (secondary N) is 1. The van der Waals surface area contributed by atoms with Gasteiger partial charge in [0.2, 0.25) is 5.91 Å². The third-order valence-electron chi connectivity index (χ3n) is 7.86. The van der Waals surface area contributed by atoms with Crippen LogP contribution in [0.25, 0.3) is 0 Å². The van der Waals surface area contributed by atoms with Gasteiger partial charge in [-0.25, -0.2) is 0 Å². The Morgan fingerprint density at radius 3 is 2.58 bits per heavy atom. The van der Waals surface area contributed by atoms with Crippen LogP contribution in [0.5, 0.6) is 0 Å². The maximum Gasteiger partial charge on any atom is 0.226 e. The molecule has 31 heavy (non-hydrogen) atoms. The minimum absolute atomic E-state index is 0.112. The number of hydrogen-bond donors (Lipinski definition) is 1. The van der Waals surface area contributed by atoms with E-state index in [1.807, 2.05) is 6.20 Å². The van der Waals surface area contributed by atoms with Crippen LogP contribution in [0, 0.1) is 11.8 Å². The zero-order chi connectivity index (χ0) is 21.2. The number of benzene rings is 1. The van der Waals surface area contributed by atoms with Crippen LogP contribution in [-0.2, 0) is 9.53 Å². The summed E-state index contributed by atoms with van der Waals surface area (Å²) in [7, 11) is 0. The van der Waals surface area contributed by atoms with Crippen molar-refractivity contribution in [3.8, 4) is 0 Å². The Balaban J connectivity index is 1.23. The molecule has 1 saturated heterocycles. The van der Waals surface area contributed by atoms with Gasteiger partial charge in [-0.2, -0.15) is 5.10 Å². The molecule has 1 aromatic carbocycles. The van der Waals surface area contributed by atoms with Gasteiger partial charge in [0.25, 0.3) is 0 Å². The van der Waals surface area contributed by atoms with Crippen LogP contribution in [0.3, 0.4) is 0 Å². The number of ether oxygens (including phenoxy) is 1. The van der Waals surface area contributed by atoms with E-state index in [0.29, 0.717) is 30.5 Å². The highest BCUT2D eigenvalue weighted by Crippen LogP contribution is 2.42. The average molecular weight is 422 g/mol. The smallest absolute Gasteiger partial charge is 0.226 e. The summed E-state index contributed by atoms with van der Waals surface area (Å²) in [6.07, 6.45) is 9.89. The van der Waals surface area contributed by atoms with Crippen molar-refractivity contribution >= 4 is 5.91 Å². The fourth-order valence-electron chi connectivity index (χ4n) is 5.77. The monoisotopic (exact) mass is 421 g/mol. The summed E-state index contributed by atoms with van der Waals surface area (Å²) in [4.78, 5) is 15.3. The van der Waals surface area contributed by atoms with Crippen LogP contribution >= 0.6 is 0 Å². The third-order valence-corrected chi connectivity index (χ3v) is 7.86. The molecule has 166 valence electrons. The summed E-state index contributed by atoms with van der Waals surface area (Å²) < 4.78 is 6.51. The quantitative estimate of drug-likeness (QED) is 0.723. The molecule has 0 bridgehead atoms. The van der Waals surface area contributed by atoms with E-state index in [2.05, 4.69) is 58.4 Å². The lowest BCUT2D eigenvalue weighted by molar-refractivity contribution is -0.140. The molecule has 2 aliphatic carbocycles. The van der Waals surface area contributed by atoms with Gasteiger partial charge in [0.05, 0.1) is 18.8 Å². The number of amides is 1. The first kappa shape index (κ1) is 20.7. The van der Waals surface area contributed by atoms with Gasteiger partial charge < -0.3 is 9.64 Å². The Morgan fingerprint density at radius 1 is 1.13 bits per heavy atom. The van der Waals surface area contributed by atoms with E-state index in [-0.39, 0.29) is 17.9 Å². The Kier molecular flexibility index (Phi) is 6.13. The fourth-order valence-corrected chi connectivity index (χ4v) is 5.77. The molecule has 5 heteroatoms. The minimum Gasteiger partial charge on any atom is -0.376 e. The first-order valence-electron chi connectivity index (χ1n) is 12.2. The normalized spacial score (nSPS) is 33.3. The SMILES string of the molecule is C[C@H]1C[C@H]1C(=O)N1CCC[C@H](c2ccn[nH]2)[C@@H]1COC1CCC(c2ccccc2)CC1. The highest BCUT2D eigenvalue weighted by Gasteiger charge is 2.46. The van der Waals surface area contributed by atoms with Gasteiger partial charge in [-0.15, -0.1) is 0 Å². The molecule has 0 unspecified atom stereocenters. The molecule has 4 atom stereocenters. The van der Waals surface area contributed by atoms with Gasteiger partial charge in [0.1, 0.15) is 0 Å². The summed E-state index contributed by atoms with van der Waals surface area (Å²) in [6, 6.07) is 13.1. The molecular formula is C26H35N3O2. The maximum atomic E-state index is 13.2. The molecule has 3 fully saturated rings. The molecule has 0 radical (unpaired) electrons. The summed E-state index contributed by atoms with van der Waals surface area (Å²) >= 11 is 0. The zero-order valence-corrected chi connectivity index (χ0v) is 18.6. The number of carbonyl (C=O) groups is 1. The van der Waals surface area contributed by atoms with Crippen molar-refractivity contribution in [1.29, 1.82) is 0 Å². The van der Waals surface area contributed by atoms with Crippen molar-refractivity contribution in [2.45, 2.75) is 75.9 Å². The average Bonchev–Trinajstić information content (AvgIpc) is 3.31. The molecule has 2 heterocycles. The number of carbonyl (C=O) groups excluding carboxylic acids is 1. The van der Waals surface area contributed by atoms with Crippen molar-refractivity contribution in [3.05, 3.63) is 53.9 Å². The second-order valence-electron chi connectivity index (χ2n) is 9.90. The van der Waals surface area contributed by atoms with Crippen molar-refractivity contribution in [1.82, 2.24) is 15.1 Å². The molecule has 5 nitrogen and oxygen atoms in total. The Bertz CT molecular complexity index is 845. The number of likely N-dealkylation sites (tertiary alicyclic amines) is 1. The number of rotatable bonds is 6. The third kappa shape index (κ3) is 4.57. The molecule has 3 aliphatic rings. The maximum absolute atomic E-state index is 13.2. The number of nitrogens with zero attached hydrogens (tertiary/aromatic N) is 2. The molecule has 1 aromatic heterocycles. The topological polar surface area (TPSA) is 58.2 Å². The van der Waals surface area contributed by atoms with Gasteiger partial charge in [-0.1, -0.05) is 37.3 Å². The highest BCUT2D eigenvalue weighted by atomic mass is 16.5. The van der Waals surface area contributed by atoms with E-state index >= 15 is 0 Å². The number of piperidine rings is 1. The molecule has 1 amide bonds. The molecule has 2 aromatic rings. The predicted molar refractivity (Wildman–Crippen MR) is 121 cm³/mol. The second kappa shape index (κ2) is 9.15. The van der Waals surface area contributed by atoms with Crippen molar-refractivity contribution in [3.63, 3.8) is 0 Å². The highest BCUT2D eigenvalue weighted by molar-refractivity contribution is 5.82. The number of aromatic nitrogens is 2. The largest absolute Gasteiger partial charge is 0.376 e. The van der Waals surface area contributed by atoms with E-state index in [9.17, 15) is 4.79 Å². The molecule has 1 N–H and O–H groups in total. The first-order chi connectivity index (χ1) is 15.2. The van der Waals surface area contributed by atoms with E-state index < -0.39 is 0 Å². The van der Waals surface area contributed by atoms with Crippen molar-refractivity contribution < 1.29 is 9.53 Å². The van der Waals surface area contributed by atoms with Crippen LogP contribution < -0.4 is 0 Å². The van der Waals surface area contributed by atoms with Crippen LogP contribution in [-0.4, -0.2) is 46.3 Å². The van der Waals surface area contributed by atoms with Gasteiger partial charge >= 0.3 is 0 Å². The molecule has 1 aliphatic heterocycles. The number of H-pyrrole nitrogens is 1. The van der Waals surface area contributed by atoms with Crippen LogP contribution in [0.4, 0.5) is 0 Å². The molecule has 2 saturated carbocycles. The lowest BCUT2D eigenvalue weighted by Crippen LogP contribution is -2.51. The zero-order valence-electron chi connectivity index (χ0n) is 18.6. The van der Waals surface area contributed by atoms with E-state index in [1.54, 1.807) is 0 Å². The first-order valence-corrected chi connectivity index (χ1v) is 12.2. The lowest BCUT2D eigenvalue weighted by Gasteiger charge is -2.42. The van der Waals surface area contributed by atoms with Gasteiger partial charge in [-0.05, 0) is 68.4 Å². The summed E-state index contributed by atoms with van der Waals surface area (Å²) in [5, 5.41) is 7.35. The summed E-state index contributed by atoms with van der Waals surface area (Å²) in [5.74, 6) is 2.05. The van der Waals surface area contributed by atoms with E-state index in [1.165, 1.54) is 18.4 Å². The van der Waals surface area contributed by atoms with Crippen LogP contribution in [0.15, 0.2) is 42.6 Å². The number of hydrogen-bond acceptors (Lipinski definition) is 3. The predicted octanol–water partition coefficient (Wildman–Crippen LogP) is 4.88. The molecular weight excluding hydrogens is 386 g/mol. The van der Waals surface area contributed by atoms with Gasteiger partial charge in [0.15, 0.2) is 0 Å². The Hall–Kier alpha value is -2.14. The second-order valence-corrected chi connectivity index (χ2v) is 9.90. The summed E-state index contributed by atoms with van der Waals surface area (Å²) in [5.41, 5.74) is 2.60. The van der Waals surface area contributed by atoms with E-state index in [0.717, 1.165) is 44.3 Å². The Labute approximate surface area is 185 Å². The summed E-state index contributed by atoms with van der Waals surface area (Å²) in [6.45, 7) is 3.69. The van der Waals surface area contributed by atoms with Gasteiger partial charge in [-0.3, -0.25) is 9.89 Å². The fraction of sp³-hybridized carbons (Fsp3) is 0.615. The van der Waals surface area contributed by atoms with Gasteiger partial charge in [0, 0.05) is 30.3 Å². The van der Waals surface area contributed by atoms with Crippen LogP contribution in [0.2, 0.25) is 0 Å². The lowest BCUT2D eigenvalue weighted by atomic mass is 9.82. The number of aromatic amines is 1. The minimum atomic E-state index is 0.112. The molecule has 0 spiro atoms. The Morgan fingerprint density at radius 2 is 1.90 bits per heavy atom.